The molecular weight excluding hydrogens is 305 g/mol. The van der Waals surface area contributed by atoms with Gasteiger partial charge in [0.2, 0.25) is 0 Å². The average molecular weight is 314 g/mol. The monoisotopic (exact) mass is 314 g/mol. The summed E-state index contributed by atoms with van der Waals surface area (Å²) in [5.41, 5.74) is -2.52. The van der Waals surface area contributed by atoms with Gasteiger partial charge in [-0.05, 0) is 24.6 Å². The van der Waals surface area contributed by atoms with Gasteiger partial charge >= 0.3 is 12.1 Å². The highest BCUT2D eigenvalue weighted by molar-refractivity contribution is 6.04. The molecule has 0 fully saturated rings. The molecule has 0 aliphatic rings. The van der Waals surface area contributed by atoms with Crippen molar-refractivity contribution >= 4 is 17.6 Å². The van der Waals surface area contributed by atoms with Crippen LogP contribution in [0.2, 0.25) is 0 Å². The van der Waals surface area contributed by atoms with Crippen LogP contribution in [0, 0.1) is 6.92 Å². The van der Waals surface area contributed by atoms with E-state index in [2.05, 4.69) is 15.0 Å². The highest BCUT2D eigenvalue weighted by Crippen LogP contribution is 2.36. The third-order valence-electron chi connectivity index (χ3n) is 2.80. The number of alkyl halides is 3. The lowest BCUT2D eigenvalue weighted by Crippen LogP contribution is -2.17. The molecule has 0 aliphatic heterocycles. The summed E-state index contributed by atoms with van der Waals surface area (Å²) in [6.45, 7) is 1.12. The molecule has 0 unspecified atom stereocenters. The highest BCUT2D eigenvalue weighted by Gasteiger charge is 2.37. The zero-order chi connectivity index (χ0) is 16.5. The van der Waals surface area contributed by atoms with Crippen molar-refractivity contribution in [1.82, 2.24) is 5.16 Å². The minimum absolute atomic E-state index is 0.0504. The van der Waals surface area contributed by atoms with Crippen molar-refractivity contribution in [3.63, 3.8) is 0 Å². The molecule has 0 atom stereocenters. The molecule has 1 aromatic heterocycles. The third kappa shape index (κ3) is 3.08. The fourth-order valence-electron chi connectivity index (χ4n) is 1.92. The third-order valence-corrected chi connectivity index (χ3v) is 2.80. The normalized spacial score (nSPS) is 11.3. The number of hydrogen-bond donors (Lipinski definition) is 2. The van der Waals surface area contributed by atoms with Gasteiger partial charge in [0.15, 0.2) is 0 Å². The molecule has 0 saturated heterocycles. The molecule has 116 valence electrons. The summed E-state index contributed by atoms with van der Waals surface area (Å²) in [5.74, 6) is -2.42. The molecule has 0 spiro atoms. The van der Waals surface area contributed by atoms with E-state index in [4.69, 9.17) is 5.11 Å². The average Bonchev–Trinajstić information content (AvgIpc) is 2.89. The van der Waals surface area contributed by atoms with E-state index in [1.165, 1.54) is 0 Å². The van der Waals surface area contributed by atoms with E-state index in [1.807, 2.05) is 0 Å². The number of carbonyl (C=O) groups is 2. The van der Waals surface area contributed by atoms with Crippen molar-refractivity contribution < 1.29 is 32.4 Å². The van der Waals surface area contributed by atoms with Crippen LogP contribution in [0.15, 0.2) is 29.1 Å². The minimum atomic E-state index is -4.81. The largest absolute Gasteiger partial charge is 0.478 e. The number of carboxylic acid groups (broad SMARTS) is 1. The Hall–Kier alpha value is -2.84. The maximum Gasteiger partial charge on any atom is 0.417 e. The number of carbonyl (C=O) groups excluding carboxylic acids is 1. The van der Waals surface area contributed by atoms with Gasteiger partial charge < -0.3 is 14.9 Å². The molecule has 1 heterocycles. The summed E-state index contributed by atoms with van der Waals surface area (Å²) in [4.78, 5) is 22.8. The predicted molar refractivity (Wildman–Crippen MR) is 67.6 cm³/mol. The van der Waals surface area contributed by atoms with Crippen LogP contribution in [0.5, 0.6) is 0 Å². The standard InChI is InChI=1S/C13H9F3N2O4/c1-6-2-8(18-11(19)7-4-17-22-5-7)3-9(12(20)21)10(6)13(14,15)16/h2-5H,1H3,(H,18,19)(H,20,21). The molecular formula is C13H9F3N2O4. The van der Waals surface area contributed by atoms with Crippen LogP contribution < -0.4 is 5.32 Å². The van der Waals surface area contributed by atoms with Gasteiger partial charge in [-0.25, -0.2) is 4.79 Å². The zero-order valence-corrected chi connectivity index (χ0v) is 11.1. The molecule has 0 radical (unpaired) electrons. The smallest absolute Gasteiger partial charge is 0.417 e. The molecule has 2 aromatic rings. The number of rotatable bonds is 3. The van der Waals surface area contributed by atoms with E-state index in [0.717, 1.165) is 31.5 Å². The number of nitrogens with one attached hydrogen (secondary N) is 1. The van der Waals surface area contributed by atoms with Gasteiger partial charge in [0.1, 0.15) is 6.26 Å². The van der Waals surface area contributed by atoms with E-state index in [-0.39, 0.29) is 16.8 Å². The molecule has 0 aliphatic carbocycles. The van der Waals surface area contributed by atoms with Crippen LogP contribution >= 0.6 is 0 Å². The van der Waals surface area contributed by atoms with Crippen molar-refractivity contribution in [2.24, 2.45) is 0 Å². The number of benzene rings is 1. The number of carboxylic acids is 1. The van der Waals surface area contributed by atoms with Gasteiger partial charge in [-0.3, -0.25) is 4.79 Å². The second-order valence-electron chi connectivity index (χ2n) is 4.39. The van der Waals surface area contributed by atoms with Gasteiger partial charge in [-0.1, -0.05) is 5.16 Å². The quantitative estimate of drug-likeness (QED) is 0.908. The zero-order valence-electron chi connectivity index (χ0n) is 11.1. The lowest BCUT2D eigenvalue weighted by atomic mass is 10.00. The topological polar surface area (TPSA) is 92.4 Å². The van der Waals surface area contributed by atoms with E-state index < -0.39 is 29.2 Å². The molecule has 1 aromatic carbocycles. The summed E-state index contributed by atoms with van der Waals surface area (Å²) in [6, 6.07) is 1.80. The van der Waals surface area contributed by atoms with Gasteiger partial charge in [0.25, 0.3) is 5.91 Å². The molecule has 2 N–H and O–H groups in total. The highest BCUT2D eigenvalue weighted by atomic mass is 19.4. The molecule has 9 heteroatoms. The van der Waals surface area contributed by atoms with E-state index >= 15 is 0 Å². The summed E-state index contributed by atoms with van der Waals surface area (Å²) in [6.07, 6.45) is -2.65. The minimum Gasteiger partial charge on any atom is -0.478 e. The second kappa shape index (κ2) is 5.51. The van der Waals surface area contributed by atoms with Gasteiger partial charge in [-0.2, -0.15) is 13.2 Å². The number of nitrogens with zero attached hydrogens (tertiary/aromatic N) is 1. The molecule has 6 nitrogen and oxygen atoms in total. The Labute approximate surface area is 121 Å². The first-order valence-corrected chi connectivity index (χ1v) is 5.86. The number of halogens is 3. The Morgan fingerprint density at radius 2 is 2.00 bits per heavy atom. The number of hydrogen-bond acceptors (Lipinski definition) is 4. The molecule has 22 heavy (non-hydrogen) atoms. The van der Waals surface area contributed by atoms with Crippen LogP contribution in [-0.4, -0.2) is 22.1 Å². The summed E-state index contributed by atoms with van der Waals surface area (Å²) >= 11 is 0. The number of aryl methyl sites for hydroxylation is 1. The molecule has 2 rings (SSSR count). The first kappa shape index (κ1) is 15.5. The first-order chi connectivity index (χ1) is 10.2. The van der Waals surface area contributed by atoms with Crippen molar-refractivity contribution in [3.8, 4) is 0 Å². The summed E-state index contributed by atoms with van der Waals surface area (Å²) in [7, 11) is 0. The van der Waals surface area contributed by atoms with Crippen LogP contribution in [0.4, 0.5) is 18.9 Å². The van der Waals surface area contributed by atoms with Crippen molar-refractivity contribution in [2.75, 3.05) is 5.32 Å². The summed E-state index contributed by atoms with van der Waals surface area (Å²) in [5, 5.41) is 14.6. The molecule has 1 amide bonds. The second-order valence-corrected chi connectivity index (χ2v) is 4.39. The SMILES string of the molecule is Cc1cc(NC(=O)c2cnoc2)cc(C(=O)O)c1C(F)(F)F. The van der Waals surface area contributed by atoms with Gasteiger partial charge in [-0.15, -0.1) is 0 Å². The molecule has 0 bridgehead atoms. The fraction of sp³-hybridized carbons (Fsp3) is 0.154. The Morgan fingerprint density at radius 3 is 2.50 bits per heavy atom. The van der Waals surface area contributed by atoms with Crippen LogP contribution in [0.25, 0.3) is 0 Å². The van der Waals surface area contributed by atoms with Crippen molar-refractivity contribution in [2.45, 2.75) is 13.1 Å². The van der Waals surface area contributed by atoms with Gasteiger partial charge in [0.05, 0.1) is 22.9 Å². The number of aromatic carboxylic acids is 1. The predicted octanol–water partition coefficient (Wildman–Crippen LogP) is 2.95. The number of anilines is 1. The maximum absolute atomic E-state index is 12.9. The van der Waals surface area contributed by atoms with E-state index in [1.54, 1.807) is 0 Å². The number of amides is 1. The van der Waals surface area contributed by atoms with Crippen molar-refractivity contribution in [3.05, 3.63) is 46.8 Å². The van der Waals surface area contributed by atoms with E-state index in [0.29, 0.717) is 0 Å². The van der Waals surface area contributed by atoms with Crippen LogP contribution in [0.1, 0.15) is 31.8 Å². The maximum atomic E-state index is 12.9. The first-order valence-electron chi connectivity index (χ1n) is 5.86. The summed E-state index contributed by atoms with van der Waals surface area (Å²) < 4.78 is 43.2. The molecule has 0 saturated carbocycles. The van der Waals surface area contributed by atoms with Gasteiger partial charge in [0, 0.05) is 5.69 Å². The Bertz CT molecular complexity index is 724. The lowest BCUT2D eigenvalue weighted by Gasteiger charge is -2.15. The van der Waals surface area contributed by atoms with Crippen molar-refractivity contribution in [1.29, 1.82) is 0 Å². The van der Waals surface area contributed by atoms with Crippen LogP contribution in [0.3, 0.4) is 0 Å². The van der Waals surface area contributed by atoms with Crippen LogP contribution in [-0.2, 0) is 6.18 Å². The fourth-order valence-corrected chi connectivity index (χ4v) is 1.92. The number of aromatic nitrogens is 1. The lowest BCUT2D eigenvalue weighted by molar-refractivity contribution is -0.138. The Morgan fingerprint density at radius 1 is 1.32 bits per heavy atom. The Kier molecular flexibility index (Phi) is 3.89. The van der Waals surface area contributed by atoms with E-state index in [9.17, 15) is 22.8 Å². The Balaban J connectivity index is 2.43.